The minimum absolute atomic E-state index is 0.205. The zero-order chi connectivity index (χ0) is 57.4. The molecule has 2 aliphatic carbocycles. The van der Waals surface area contributed by atoms with Crippen LogP contribution in [-0.2, 0) is 10.8 Å². The molecule has 406 valence electrons. The van der Waals surface area contributed by atoms with Crippen LogP contribution in [0.15, 0.2) is 291 Å². The summed E-state index contributed by atoms with van der Waals surface area (Å²) in [5.74, 6) is 0. The minimum atomic E-state index is -0.205. The van der Waals surface area contributed by atoms with Gasteiger partial charge in [0.25, 0.3) is 0 Å². The van der Waals surface area contributed by atoms with Gasteiger partial charge in [-0.15, -0.1) is 0 Å². The first-order valence-corrected chi connectivity index (χ1v) is 30.2. The van der Waals surface area contributed by atoms with Gasteiger partial charge in [-0.1, -0.05) is 234 Å². The molecule has 17 rings (SSSR count). The fraction of sp³-hybridized carbons (Fsp3) is 0.0714. The Morgan fingerprint density at radius 1 is 0.209 bits per heavy atom. The third-order valence-electron chi connectivity index (χ3n) is 19.3. The molecule has 0 fully saturated rings. The molecular formula is C84H60N2. The number of anilines is 6. The molecular weight excluding hydrogens is 1040 g/mol. The fourth-order valence-electron chi connectivity index (χ4n) is 15.0. The van der Waals surface area contributed by atoms with Crippen LogP contribution in [-0.4, -0.2) is 0 Å². The minimum Gasteiger partial charge on any atom is -0.310 e. The molecule has 0 saturated carbocycles. The molecule has 2 nitrogen and oxygen atoms in total. The van der Waals surface area contributed by atoms with Gasteiger partial charge in [0, 0.05) is 45.0 Å². The topological polar surface area (TPSA) is 6.48 Å². The molecule has 2 aliphatic rings. The van der Waals surface area contributed by atoms with Crippen molar-refractivity contribution in [1.82, 2.24) is 0 Å². The maximum Gasteiger partial charge on any atom is 0.0468 e. The average molecular weight is 1100 g/mol. The third-order valence-corrected chi connectivity index (χ3v) is 19.3. The number of fused-ring (bicyclic) bond motifs is 12. The molecule has 0 amide bonds. The molecule has 0 bridgehead atoms. The smallest absolute Gasteiger partial charge is 0.0468 e. The van der Waals surface area contributed by atoms with E-state index in [-0.39, 0.29) is 10.8 Å². The molecule has 0 aromatic heterocycles. The number of rotatable bonds is 8. The van der Waals surface area contributed by atoms with Crippen molar-refractivity contribution < 1.29 is 0 Å². The van der Waals surface area contributed by atoms with E-state index in [4.69, 9.17) is 0 Å². The van der Waals surface area contributed by atoms with Gasteiger partial charge in [-0.25, -0.2) is 0 Å². The van der Waals surface area contributed by atoms with Crippen LogP contribution in [0.1, 0.15) is 49.9 Å². The van der Waals surface area contributed by atoms with E-state index >= 15 is 0 Å². The molecule has 0 radical (unpaired) electrons. The zero-order valence-electron chi connectivity index (χ0n) is 48.6. The highest BCUT2D eigenvalue weighted by molar-refractivity contribution is 6.23. The molecule has 0 unspecified atom stereocenters. The Kier molecular flexibility index (Phi) is 11.0. The van der Waals surface area contributed by atoms with Crippen molar-refractivity contribution in [2.75, 3.05) is 9.80 Å². The molecule has 0 heterocycles. The predicted octanol–water partition coefficient (Wildman–Crippen LogP) is 23.5. The van der Waals surface area contributed by atoms with Crippen molar-refractivity contribution in [1.29, 1.82) is 0 Å². The Bertz CT molecular complexity index is 4840. The number of nitrogens with zero attached hydrogens (tertiary/aromatic N) is 2. The summed E-state index contributed by atoms with van der Waals surface area (Å²) in [4.78, 5) is 4.94. The van der Waals surface area contributed by atoms with Gasteiger partial charge in [0.05, 0.1) is 0 Å². The number of hydrogen-bond acceptors (Lipinski definition) is 2. The second kappa shape index (κ2) is 19.0. The van der Waals surface area contributed by atoms with E-state index in [1.54, 1.807) is 0 Å². The highest BCUT2D eigenvalue weighted by Gasteiger charge is 2.37. The van der Waals surface area contributed by atoms with Crippen molar-refractivity contribution in [3.8, 4) is 44.5 Å². The Morgan fingerprint density at radius 2 is 0.488 bits per heavy atom. The van der Waals surface area contributed by atoms with Crippen molar-refractivity contribution in [2.24, 2.45) is 0 Å². The van der Waals surface area contributed by atoms with Gasteiger partial charge in [0.15, 0.2) is 0 Å². The average Bonchev–Trinajstić information content (AvgIpc) is 1.41. The monoisotopic (exact) mass is 1100 g/mol. The Labute approximate surface area is 502 Å². The van der Waals surface area contributed by atoms with Gasteiger partial charge < -0.3 is 9.80 Å². The van der Waals surface area contributed by atoms with E-state index in [0.29, 0.717) is 0 Å². The number of hydrogen-bond donors (Lipinski definition) is 0. The normalized spacial score (nSPS) is 13.5. The Morgan fingerprint density at radius 3 is 0.837 bits per heavy atom. The molecule has 2 heteroatoms. The van der Waals surface area contributed by atoms with Crippen LogP contribution < -0.4 is 9.80 Å². The number of benzene rings is 15. The summed E-state index contributed by atoms with van der Waals surface area (Å²) in [6, 6.07) is 110. The van der Waals surface area contributed by atoms with Gasteiger partial charge in [-0.2, -0.15) is 0 Å². The molecule has 0 spiro atoms. The summed E-state index contributed by atoms with van der Waals surface area (Å²) in [6.07, 6.45) is 0. The van der Waals surface area contributed by atoms with Crippen LogP contribution >= 0.6 is 0 Å². The van der Waals surface area contributed by atoms with E-state index < -0.39 is 0 Å². The summed E-state index contributed by atoms with van der Waals surface area (Å²) in [5, 5.41) is 14.5. The van der Waals surface area contributed by atoms with Crippen LogP contribution in [0.2, 0.25) is 0 Å². The lowest BCUT2D eigenvalue weighted by Gasteiger charge is -2.29. The zero-order valence-corrected chi connectivity index (χ0v) is 48.6. The molecule has 15 aromatic rings. The lowest BCUT2D eigenvalue weighted by atomic mass is 9.79. The standard InChI is InChI=1S/C84H60N2/c1-83(2)77-27-15-13-25-69(77)71-41-33-61(49-79(71)83)81-73-43-39-68(86(65-37-31-55-19-7-11-23-59(55)47-65)66-38-32-56-20-8-12-24-60(56)48-66)52-76(73)82(62-34-42-72-70-26-14-16-28-78(70)84(3,4)80(72)50-62)74-44-40-67(51-75(74)81)85(63-35-29-53-17-5-9-21-57(53)45-63)64-36-30-54-18-6-10-22-58(54)46-64/h5-52H,1-4H3. The first-order valence-electron chi connectivity index (χ1n) is 30.2. The maximum absolute atomic E-state index is 2.53. The summed E-state index contributed by atoms with van der Waals surface area (Å²) in [6.45, 7) is 9.60. The SMILES string of the molecule is CC1(C)c2ccccc2-c2ccc(-c3c4ccc(N(c5ccc6ccccc6c5)c5ccc6ccccc6c5)cc4c(-c4ccc5c(c4)C(C)(C)c4ccccc4-5)c4ccc(N(c5ccc6ccccc6c5)c5ccc6ccccc6c5)cc34)cc21. The van der Waals surface area contributed by atoms with Gasteiger partial charge in [-0.3, -0.25) is 0 Å². The summed E-state index contributed by atoms with van der Waals surface area (Å²) in [5.41, 5.74) is 21.7. The van der Waals surface area contributed by atoms with Crippen molar-refractivity contribution in [3.05, 3.63) is 313 Å². The largest absolute Gasteiger partial charge is 0.310 e. The van der Waals surface area contributed by atoms with E-state index in [2.05, 4.69) is 329 Å². The first kappa shape index (κ1) is 50.0. The van der Waals surface area contributed by atoms with Gasteiger partial charge in [0.1, 0.15) is 0 Å². The fourth-order valence-corrected chi connectivity index (χ4v) is 15.0. The second-order valence-electron chi connectivity index (χ2n) is 24.9. The van der Waals surface area contributed by atoms with Crippen LogP contribution in [0, 0.1) is 0 Å². The highest BCUT2D eigenvalue weighted by Crippen LogP contribution is 2.55. The lowest BCUT2D eigenvalue weighted by Crippen LogP contribution is -2.15. The first-order chi connectivity index (χ1) is 42.1. The molecule has 0 N–H and O–H groups in total. The maximum atomic E-state index is 2.53. The molecule has 0 atom stereocenters. The predicted molar refractivity (Wildman–Crippen MR) is 367 cm³/mol. The molecule has 86 heavy (non-hydrogen) atoms. The quantitative estimate of drug-likeness (QED) is 0.140. The summed E-state index contributed by atoms with van der Waals surface area (Å²) in [7, 11) is 0. The van der Waals surface area contributed by atoms with Gasteiger partial charge in [0.2, 0.25) is 0 Å². The Hall–Kier alpha value is -10.5. The molecule has 0 aliphatic heterocycles. The van der Waals surface area contributed by atoms with Crippen LogP contribution in [0.4, 0.5) is 34.1 Å². The summed E-state index contributed by atoms with van der Waals surface area (Å²) >= 11 is 0. The van der Waals surface area contributed by atoms with E-state index in [0.717, 1.165) is 34.1 Å². The van der Waals surface area contributed by atoms with Crippen molar-refractivity contribution in [3.63, 3.8) is 0 Å². The molecule has 15 aromatic carbocycles. The summed E-state index contributed by atoms with van der Waals surface area (Å²) < 4.78 is 0. The third kappa shape index (κ3) is 7.72. The Balaban J connectivity index is 0.987. The van der Waals surface area contributed by atoms with Crippen molar-refractivity contribution >= 4 is 98.8 Å². The van der Waals surface area contributed by atoms with Crippen molar-refractivity contribution in [2.45, 2.75) is 38.5 Å². The van der Waals surface area contributed by atoms with Gasteiger partial charge in [-0.05, 0) is 216 Å². The highest BCUT2D eigenvalue weighted by atomic mass is 15.1. The van der Waals surface area contributed by atoms with E-state index in [1.807, 2.05) is 0 Å². The van der Waals surface area contributed by atoms with Gasteiger partial charge >= 0.3 is 0 Å². The van der Waals surface area contributed by atoms with E-state index in [1.165, 1.54) is 131 Å². The second-order valence-corrected chi connectivity index (χ2v) is 24.9. The lowest BCUT2D eigenvalue weighted by molar-refractivity contribution is 0.660. The van der Waals surface area contributed by atoms with E-state index in [9.17, 15) is 0 Å². The molecule has 0 saturated heterocycles. The van der Waals surface area contributed by atoms with Crippen LogP contribution in [0.5, 0.6) is 0 Å². The van der Waals surface area contributed by atoms with Crippen LogP contribution in [0.3, 0.4) is 0 Å². The van der Waals surface area contributed by atoms with Crippen LogP contribution in [0.25, 0.3) is 109 Å².